The number of aromatic nitrogens is 1. The van der Waals surface area contributed by atoms with Gasteiger partial charge in [0.1, 0.15) is 0 Å². The van der Waals surface area contributed by atoms with E-state index in [2.05, 4.69) is 40.5 Å². The zero-order chi connectivity index (χ0) is 17.4. The summed E-state index contributed by atoms with van der Waals surface area (Å²) < 4.78 is 0.955. The monoisotopic (exact) mass is 382 g/mol. The number of carbonyl (C=O) groups is 1. The summed E-state index contributed by atoms with van der Waals surface area (Å²) in [6, 6.07) is 14.1. The second kappa shape index (κ2) is 8.71. The summed E-state index contributed by atoms with van der Waals surface area (Å²) in [5.41, 5.74) is 1.37. The average molecular weight is 382 g/mol. The van der Waals surface area contributed by atoms with Crippen molar-refractivity contribution in [1.82, 2.24) is 10.3 Å². The number of rotatable bonds is 7. The van der Waals surface area contributed by atoms with E-state index in [-0.39, 0.29) is 5.91 Å². The molecule has 1 heterocycles. The van der Waals surface area contributed by atoms with Gasteiger partial charge >= 0.3 is 151 Å². The van der Waals surface area contributed by atoms with Crippen LogP contribution in [0.15, 0.2) is 48.7 Å². The molecule has 24 heavy (non-hydrogen) atoms. The Morgan fingerprint density at radius 1 is 1.25 bits per heavy atom. The number of terminal acetylenes is 1. The van der Waals surface area contributed by atoms with Gasteiger partial charge in [-0.25, -0.2) is 0 Å². The van der Waals surface area contributed by atoms with Crippen molar-refractivity contribution >= 4 is 26.1 Å². The standard InChI is InChI=1S/C20H23AsN2O/c1-4-20(2,3)23-19(24)17-13-9-15-22-18(17)21-14-8-12-16-10-6-5-7-11-16/h1,5-7,9-11,13,15,21H,8,12,14H2,2-3H3,(H,23,24). The minimum atomic E-state index is -0.655. The molecule has 2 aromatic rings. The zero-order valence-corrected chi connectivity index (χ0v) is 16.3. The van der Waals surface area contributed by atoms with Crippen LogP contribution in [0.25, 0.3) is 0 Å². The second-order valence-electron chi connectivity index (χ2n) is 6.14. The molecule has 1 aromatic carbocycles. The predicted molar refractivity (Wildman–Crippen MR) is 101 cm³/mol. The maximum atomic E-state index is 12.5. The Balaban J connectivity index is 1.94. The van der Waals surface area contributed by atoms with Gasteiger partial charge in [-0.15, -0.1) is 0 Å². The van der Waals surface area contributed by atoms with Crippen LogP contribution in [0.3, 0.4) is 0 Å². The van der Waals surface area contributed by atoms with E-state index in [0.717, 1.165) is 22.5 Å². The number of aryl methyl sites for hydroxylation is 1. The van der Waals surface area contributed by atoms with Crippen molar-refractivity contribution in [3.05, 3.63) is 59.8 Å². The number of pyridine rings is 1. The van der Waals surface area contributed by atoms with E-state index in [1.165, 1.54) is 5.56 Å². The molecule has 2 rings (SSSR count). The van der Waals surface area contributed by atoms with Crippen LogP contribution < -0.4 is 9.80 Å². The van der Waals surface area contributed by atoms with Crippen molar-refractivity contribution in [2.24, 2.45) is 0 Å². The van der Waals surface area contributed by atoms with Gasteiger partial charge in [-0.05, 0) is 0 Å². The van der Waals surface area contributed by atoms with Gasteiger partial charge in [0.15, 0.2) is 0 Å². The van der Waals surface area contributed by atoms with Crippen LogP contribution >= 0.6 is 0 Å². The van der Waals surface area contributed by atoms with E-state index in [1.807, 2.05) is 26.0 Å². The van der Waals surface area contributed by atoms with Gasteiger partial charge in [-0.3, -0.25) is 0 Å². The van der Waals surface area contributed by atoms with E-state index in [1.54, 1.807) is 12.3 Å². The van der Waals surface area contributed by atoms with Gasteiger partial charge < -0.3 is 0 Å². The number of benzene rings is 1. The van der Waals surface area contributed by atoms with Gasteiger partial charge in [0, 0.05) is 0 Å². The van der Waals surface area contributed by atoms with Crippen LogP contribution in [-0.2, 0) is 6.42 Å². The molecule has 1 aromatic heterocycles. The van der Waals surface area contributed by atoms with Crippen molar-refractivity contribution in [2.45, 2.75) is 37.4 Å². The average Bonchev–Trinajstić information content (AvgIpc) is 2.59. The molecule has 0 radical (unpaired) electrons. The fourth-order valence-electron chi connectivity index (χ4n) is 2.26. The third-order valence-electron chi connectivity index (χ3n) is 3.62. The van der Waals surface area contributed by atoms with Crippen molar-refractivity contribution in [1.29, 1.82) is 0 Å². The van der Waals surface area contributed by atoms with Crippen LogP contribution in [0, 0.1) is 12.3 Å². The molecule has 1 atom stereocenters. The molecule has 0 aliphatic carbocycles. The second-order valence-corrected chi connectivity index (χ2v) is 8.92. The minimum absolute atomic E-state index is 0.132. The molecule has 0 saturated carbocycles. The van der Waals surface area contributed by atoms with Crippen LogP contribution in [-0.4, -0.2) is 32.2 Å². The predicted octanol–water partition coefficient (Wildman–Crippen LogP) is 2.34. The molecule has 1 N–H and O–H groups in total. The first-order valence-corrected chi connectivity index (χ1v) is 10.6. The Bertz CT molecular complexity index is 720. The van der Waals surface area contributed by atoms with E-state index < -0.39 is 21.3 Å². The summed E-state index contributed by atoms with van der Waals surface area (Å²) in [6.45, 7) is 3.63. The third-order valence-corrected chi connectivity index (χ3v) is 6.42. The zero-order valence-electron chi connectivity index (χ0n) is 14.2. The number of carbonyl (C=O) groups excluding carboxylic acids is 1. The number of nitrogens with one attached hydrogen (secondary N) is 1. The number of hydrogen-bond acceptors (Lipinski definition) is 2. The maximum absolute atomic E-state index is 12.5. The van der Waals surface area contributed by atoms with E-state index in [0.29, 0.717) is 5.56 Å². The molecule has 0 aliphatic rings. The SMILES string of the molecule is C#CC(C)(C)NC(=O)c1cccnc1[AsH]CCCc1ccccc1. The molecule has 0 saturated heterocycles. The summed E-state index contributed by atoms with van der Waals surface area (Å²) in [5, 5.41) is 4.00. The van der Waals surface area contributed by atoms with Crippen LogP contribution in [0.4, 0.5) is 0 Å². The van der Waals surface area contributed by atoms with Crippen LogP contribution in [0.1, 0.15) is 36.2 Å². The summed E-state index contributed by atoms with van der Waals surface area (Å²) in [5.74, 6) is 2.46. The Hall–Kier alpha value is -2.04. The molecule has 0 bridgehead atoms. The van der Waals surface area contributed by atoms with Crippen molar-refractivity contribution < 1.29 is 4.79 Å². The van der Waals surface area contributed by atoms with Crippen molar-refractivity contribution in [3.63, 3.8) is 0 Å². The molecule has 0 aliphatic heterocycles. The van der Waals surface area contributed by atoms with Gasteiger partial charge in [0.05, 0.1) is 0 Å². The first-order valence-electron chi connectivity index (χ1n) is 8.05. The van der Waals surface area contributed by atoms with Crippen molar-refractivity contribution in [3.8, 4) is 12.3 Å². The molecule has 4 heteroatoms. The summed E-state index contributed by atoms with van der Waals surface area (Å²) in [6.07, 6.45) is 9.41. The Morgan fingerprint density at radius 2 is 2.00 bits per heavy atom. The molecule has 1 unspecified atom stereocenters. The Labute approximate surface area is 151 Å². The molecule has 0 spiro atoms. The fourth-order valence-corrected chi connectivity index (χ4v) is 4.66. The van der Waals surface area contributed by atoms with E-state index in [4.69, 9.17) is 6.42 Å². The third kappa shape index (κ3) is 5.55. The van der Waals surface area contributed by atoms with E-state index >= 15 is 0 Å². The van der Waals surface area contributed by atoms with Gasteiger partial charge in [-0.1, -0.05) is 0 Å². The van der Waals surface area contributed by atoms with Crippen LogP contribution in [0.5, 0.6) is 0 Å². The van der Waals surface area contributed by atoms with Crippen LogP contribution in [0.2, 0.25) is 5.21 Å². The molecular formula is C20H23AsN2O. The summed E-state index contributed by atoms with van der Waals surface area (Å²) >= 11 is -0.445. The summed E-state index contributed by atoms with van der Waals surface area (Å²) in [4.78, 5) is 16.9. The fraction of sp³-hybridized carbons (Fsp3) is 0.300. The normalized spacial score (nSPS) is 11.4. The first-order chi connectivity index (χ1) is 11.5. The van der Waals surface area contributed by atoms with Crippen molar-refractivity contribution in [2.75, 3.05) is 0 Å². The molecule has 124 valence electrons. The number of hydrogen-bond donors (Lipinski definition) is 1. The first kappa shape index (κ1) is 18.3. The van der Waals surface area contributed by atoms with Gasteiger partial charge in [-0.2, -0.15) is 0 Å². The quantitative estimate of drug-likeness (QED) is 0.454. The number of amides is 1. The molecule has 1 amide bonds. The molecular weight excluding hydrogens is 359 g/mol. The molecule has 0 fully saturated rings. The topological polar surface area (TPSA) is 42.0 Å². The summed E-state index contributed by atoms with van der Waals surface area (Å²) in [7, 11) is 0. The number of nitrogens with zero attached hydrogens (tertiary/aromatic N) is 1. The van der Waals surface area contributed by atoms with Gasteiger partial charge in [0.25, 0.3) is 0 Å². The Morgan fingerprint density at radius 3 is 2.71 bits per heavy atom. The molecule has 3 nitrogen and oxygen atoms in total. The Kier molecular flexibility index (Phi) is 6.64. The van der Waals surface area contributed by atoms with E-state index in [9.17, 15) is 4.79 Å². The van der Waals surface area contributed by atoms with Gasteiger partial charge in [0.2, 0.25) is 0 Å².